The quantitative estimate of drug-likeness (QED) is 0.498. The van der Waals surface area contributed by atoms with Crippen LogP contribution < -0.4 is 10.8 Å². The van der Waals surface area contributed by atoms with E-state index >= 15 is 0 Å². The van der Waals surface area contributed by atoms with E-state index in [0.29, 0.717) is 29.6 Å². The molecule has 3 N–H and O–H groups in total. The molecule has 0 radical (unpaired) electrons. The molecule has 2 atom stereocenters. The van der Waals surface area contributed by atoms with Crippen LogP contribution >= 0.6 is 0 Å². The maximum absolute atomic E-state index is 10.9. The highest BCUT2D eigenvalue weighted by Gasteiger charge is 2.46. The van der Waals surface area contributed by atoms with E-state index in [-0.39, 0.29) is 6.04 Å². The van der Waals surface area contributed by atoms with Crippen LogP contribution in [0.5, 0.6) is 0 Å². The second-order valence-electron chi connectivity index (χ2n) is 7.11. The van der Waals surface area contributed by atoms with Crippen molar-refractivity contribution in [2.75, 3.05) is 6.54 Å². The van der Waals surface area contributed by atoms with E-state index in [2.05, 4.69) is 52.3 Å². The molecule has 1 aliphatic rings. The fourth-order valence-electron chi connectivity index (χ4n) is 3.71. The van der Waals surface area contributed by atoms with Crippen LogP contribution in [0.25, 0.3) is 0 Å². The summed E-state index contributed by atoms with van der Waals surface area (Å²) in [5, 5.41) is 12.1. The van der Waals surface area contributed by atoms with Crippen molar-refractivity contribution in [3.05, 3.63) is 0 Å². The number of rotatable bonds is 7. The second kappa shape index (κ2) is 7.72. The summed E-state index contributed by atoms with van der Waals surface area (Å²) in [6.07, 6.45) is 1.48. The van der Waals surface area contributed by atoms with Crippen LogP contribution in [-0.4, -0.2) is 38.0 Å². The van der Waals surface area contributed by atoms with Gasteiger partial charge in [-0.3, -0.25) is 4.79 Å². The lowest BCUT2D eigenvalue weighted by Gasteiger charge is -2.43. The molecule has 0 amide bonds. The molecule has 1 heterocycles. The molecule has 5 nitrogen and oxygen atoms in total. The minimum absolute atomic E-state index is 0.198. The highest BCUT2D eigenvalue weighted by Crippen LogP contribution is 2.41. The van der Waals surface area contributed by atoms with Gasteiger partial charge >= 0.3 is 5.97 Å². The Labute approximate surface area is 129 Å². The van der Waals surface area contributed by atoms with Crippen LogP contribution in [0.2, 0.25) is 16.6 Å². The van der Waals surface area contributed by atoms with Gasteiger partial charge < -0.3 is 15.0 Å². The molecule has 0 unspecified atom stereocenters. The summed E-state index contributed by atoms with van der Waals surface area (Å²) >= 11 is 0. The van der Waals surface area contributed by atoms with E-state index in [4.69, 9.17) is 9.63 Å². The van der Waals surface area contributed by atoms with E-state index in [1.54, 1.807) is 0 Å². The van der Waals surface area contributed by atoms with E-state index in [1.807, 2.05) is 0 Å². The highest BCUT2D eigenvalue weighted by molar-refractivity contribution is 6.77. The molecule has 6 heteroatoms. The summed E-state index contributed by atoms with van der Waals surface area (Å²) in [5.74, 6) is -0.760. The van der Waals surface area contributed by atoms with Crippen molar-refractivity contribution in [2.45, 2.75) is 83.1 Å². The zero-order valence-electron chi connectivity index (χ0n) is 14.3. The summed E-state index contributed by atoms with van der Waals surface area (Å²) in [7, 11) is -1.91. The van der Waals surface area contributed by atoms with E-state index in [1.165, 1.54) is 0 Å². The summed E-state index contributed by atoms with van der Waals surface area (Å²) < 4.78 is 6.35. The Morgan fingerprint density at radius 2 is 1.67 bits per heavy atom. The van der Waals surface area contributed by atoms with Crippen molar-refractivity contribution in [3.8, 4) is 0 Å². The van der Waals surface area contributed by atoms with Crippen molar-refractivity contribution >= 4 is 14.3 Å². The molecule has 0 saturated carbocycles. The number of carboxylic acid groups (broad SMARTS) is 1. The molecule has 124 valence electrons. The number of nitrogens with one attached hydrogen (secondary N) is 2. The van der Waals surface area contributed by atoms with Crippen molar-refractivity contribution in [1.82, 2.24) is 10.8 Å². The fourth-order valence-corrected chi connectivity index (χ4v) is 8.78. The van der Waals surface area contributed by atoms with Gasteiger partial charge in [0, 0.05) is 12.6 Å². The van der Waals surface area contributed by atoms with Crippen molar-refractivity contribution in [3.63, 3.8) is 0 Å². The number of piperidine rings is 1. The van der Waals surface area contributed by atoms with Crippen LogP contribution in [0.15, 0.2) is 0 Å². The van der Waals surface area contributed by atoms with Crippen LogP contribution in [0, 0.1) is 0 Å². The van der Waals surface area contributed by atoms with Gasteiger partial charge in [0.1, 0.15) is 6.04 Å². The van der Waals surface area contributed by atoms with Gasteiger partial charge in [0.2, 0.25) is 8.32 Å². The van der Waals surface area contributed by atoms with Gasteiger partial charge in [0.05, 0.1) is 0 Å². The molecular formula is C15H32N2O3Si. The average molecular weight is 317 g/mol. The van der Waals surface area contributed by atoms with Gasteiger partial charge in [0.25, 0.3) is 0 Å². The number of hydrogen-bond acceptors (Lipinski definition) is 4. The summed E-state index contributed by atoms with van der Waals surface area (Å²) in [4.78, 5) is 10.9. The van der Waals surface area contributed by atoms with Crippen molar-refractivity contribution < 1.29 is 14.4 Å². The average Bonchev–Trinajstić information content (AvgIpc) is 2.38. The fraction of sp³-hybridized carbons (Fsp3) is 0.933. The second-order valence-corrected chi connectivity index (χ2v) is 12.5. The number of hydrogen-bond donors (Lipinski definition) is 3. The van der Waals surface area contributed by atoms with E-state index in [9.17, 15) is 4.79 Å². The van der Waals surface area contributed by atoms with Gasteiger partial charge in [-0.05, 0) is 29.5 Å². The number of aliphatic carboxylic acids is 1. The van der Waals surface area contributed by atoms with Gasteiger partial charge in [-0.1, -0.05) is 41.5 Å². The molecule has 0 aliphatic carbocycles. The molecule has 0 aromatic carbocycles. The van der Waals surface area contributed by atoms with Crippen LogP contribution in [0.4, 0.5) is 0 Å². The molecule has 1 fully saturated rings. The topological polar surface area (TPSA) is 70.6 Å². The first kappa shape index (κ1) is 18.6. The number of carbonyl (C=O) groups is 1. The number of carboxylic acids is 1. The summed E-state index contributed by atoms with van der Waals surface area (Å²) in [6.45, 7) is 14.2. The SMILES string of the molecule is CC(C)[Si](ON[C@@H]1CC[C@@H](C(=O)O)NC1)(C(C)C)C(C)C. The zero-order chi connectivity index (χ0) is 16.2. The molecule has 0 aromatic rings. The first-order valence-corrected chi connectivity index (χ1v) is 10.3. The normalized spacial score (nSPS) is 24.0. The molecule has 0 spiro atoms. The molecule has 1 aliphatic heterocycles. The first-order valence-electron chi connectivity index (χ1n) is 8.11. The lowest BCUT2D eigenvalue weighted by atomic mass is 10.0. The predicted molar refractivity (Wildman–Crippen MR) is 87.7 cm³/mol. The molecule has 0 bridgehead atoms. The maximum Gasteiger partial charge on any atom is 0.320 e. The Morgan fingerprint density at radius 3 is 2.00 bits per heavy atom. The van der Waals surface area contributed by atoms with E-state index < -0.39 is 20.3 Å². The Morgan fingerprint density at radius 1 is 1.14 bits per heavy atom. The van der Waals surface area contributed by atoms with Crippen molar-refractivity contribution in [1.29, 1.82) is 0 Å². The predicted octanol–water partition coefficient (Wildman–Crippen LogP) is 2.89. The lowest BCUT2D eigenvalue weighted by Crippen LogP contribution is -2.56. The Bertz CT molecular complexity index is 318. The van der Waals surface area contributed by atoms with Gasteiger partial charge in [-0.2, -0.15) is 0 Å². The lowest BCUT2D eigenvalue weighted by molar-refractivity contribution is -0.140. The molecule has 1 saturated heterocycles. The molecule has 21 heavy (non-hydrogen) atoms. The smallest absolute Gasteiger partial charge is 0.320 e. The minimum Gasteiger partial charge on any atom is -0.480 e. The van der Waals surface area contributed by atoms with Gasteiger partial charge in [0.15, 0.2) is 0 Å². The third-order valence-electron chi connectivity index (χ3n) is 4.82. The number of hydroxylamine groups is 1. The van der Waals surface area contributed by atoms with Crippen LogP contribution in [-0.2, 0) is 9.32 Å². The minimum atomic E-state index is -1.91. The van der Waals surface area contributed by atoms with E-state index in [0.717, 1.165) is 6.42 Å². The third-order valence-corrected chi connectivity index (χ3v) is 10.7. The van der Waals surface area contributed by atoms with Gasteiger partial charge in [-0.15, -0.1) is 0 Å². The largest absolute Gasteiger partial charge is 0.480 e. The van der Waals surface area contributed by atoms with Crippen molar-refractivity contribution in [2.24, 2.45) is 0 Å². The highest BCUT2D eigenvalue weighted by atomic mass is 28.4. The molecular weight excluding hydrogens is 284 g/mol. The van der Waals surface area contributed by atoms with Gasteiger partial charge in [-0.25, -0.2) is 5.48 Å². The third kappa shape index (κ3) is 4.28. The standard InChI is InChI=1S/C15H32N2O3Si/c1-10(2)21(11(3)4,12(5)6)20-17-13-7-8-14(15(18)19)16-9-13/h10-14,16-17H,7-9H2,1-6H3,(H,18,19)/t13-,14+/m1/s1. The zero-order valence-corrected chi connectivity index (χ0v) is 15.3. The first-order chi connectivity index (χ1) is 9.71. The maximum atomic E-state index is 10.9. The molecule has 0 aromatic heterocycles. The Balaban J connectivity index is 2.61. The van der Waals surface area contributed by atoms with Crippen LogP contribution in [0.3, 0.4) is 0 Å². The van der Waals surface area contributed by atoms with Crippen LogP contribution in [0.1, 0.15) is 54.4 Å². The summed E-state index contributed by atoms with van der Waals surface area (Å²) in [5.41, 5.74) is 4.88. The Hall–Kier alpha value is -0.433. The summed E-state index contributed by atoms with van der Waals surface area (Å²) in [6, 6.07) is -0.214. The molecule has 1 rings (SSSR count). The Kier molecular flexibility index (Phi) is 6.84. The monoisotopic (exact) mass is 316 g/mol.